The van der Waals surface area contributed by atoms with Crippen molar-refractivity contribution in [1.29, 1.82) is 0 Å². The molecule has 0 radical (unpaired) electrons. The van der Waals surface area contributed by atoms with Gasteiger partial charge in [0.25, 0.3) is 0 Å². The molecule has 1 unspecified atom stereocenters. The van der Waals surface area contributed by atoms with Gasteiger partial charge in [0.15, 0.2) is 0 Å². The molecule has 0 aromatic rings. The first-order chi connectivity index (χ1) is 8.29. The second kappa shape index (κ2) is 6.23. The Labute approximate surface area is 115 Å². The van der Waals surface area contributed by atoms with Crippen molar-refractivity contribution in [2.75, 3.05) is 19.6 Å². The quantitative estimate of drug-likeness (QED) is 0.616. The van der Waals surface area contributed by atoms with E-state index in [1.54, 1.807) is 0 Å². The van der Waals surface area contributed by atoms with E-state index in [1.165, 1.54) is 32.4 Å². The molecule has 0 saturated carbocycles. The van der Waals surface area contributed by atoms with E-state index in [9.17, 15) is 0 Å². The molecule has 1 heterocycles. The molecule has 1 heteroatoms. The highest BCUT2D eigenvalue weighted by Crippen LogP contribution is 2.41. The molecule has 0 saturated heterocycles. The van der Waals surface area contributed by atoms with Crippen LogP contribution in [0.3, 0.4) is 0 Å². The predicted molar refractivity (Wildman–Crippen MR) is 81.8 cm³/mol. The maximum absolute atomic E-state index is 2.62. The topological polar surface area (TPSA) is 3.24 Å². The average Bonchev–Trinajstić information content (AvgIpc) is 2.29. The van der Waals surface area contributed by atoms with Gasteiger partial charge in [-0.1, -0.05) is 53.7 Å². The molecule has 0 amide bonds. The molecular weight excluding hydrogens is 218 g/mol. The molecule has 0 spiro atoms. The first-order valence-electron chi connectivity index (χ1n) is 7.66. The van der Waals surface area contributed by atoms with Crippen LogP contribution in [0.15, 0.2) is 12.2 Å². The summed E-state index contributed by atoms with van der Waals surface area (Å²) in [5.41, 5.74) is 0.898. The van der Waals surface area contributed by atoms with Crippen molar-refractivity contribution in [3.05, 3.63) is 12.2 Å². The summed E-state index contributed by atoms with van der Waals surface area (Å²) < 4.78 is 0. The van der Waals surface area contributed by atoms with Gasteiger partial charge in [-0.25, -0.2) is 0 Å². The van der Waals surface area contributed by atoms with Crippen LogP contribution in [-0.4, -0.2) is 24.5 Å². The monoisotopic (exact) mass is 251 g/mol. The molecule has 1 nitrogen and oxygen atoms in total. The summed E-state index contributed by atoms with van der Waals surface area (Å²) in [6.07, 6.45) is 8.48. The Morgan fingerprint density at radius 1 is 1.17 bits per heavy atom. The lowest BCUT2D eigenvalue weighted by Crippen LogP contribution is -2.40. The largest absolute Gasteiger partial charge is 0.299 e. The highest BCUT2D eigenvalue weighted by atomic mass is 15.1. The van der Waals surface area contributed by atoms with Crippen LogP contribution >= 0.6 is 0 Å². The molecule has 1 aliphatic heterocycles. The van der Waals surface area contributed by atoms with Crippen LogP contribution < -0.4 is 0 Å². The SMILES string of the molecule is CCC(C)(CN1CC=CCC1)CC(C)(C)C(C)C. The second-order valence-electron chi connectivity index (χ2n) is 7.48. The molecular formula is C17H33N. The Morgan fingerprint density at radius 3 is 2.28 bits per heavy atom. The minimum Gasteiger partial charge on any atom is -0.299 e. The summed E-state index contributed by atoms with van der Waals surface area (Å²) in [6, 6.07) is 0. The van der Waals surface area contributed by atoms with Gasteiger partial charge in [-0.3, -0.25) is 4.90 Å². The fraction of sp³-hybridized carbons (Fsp3) is 0.882. The first-order valence-corrected chi connectivity index (χ1v) is 7.66. The Kier molecular flexibility index (Phi) is 5.46. The van der Waals surface area contributed by atoms with Crippen LogP contribution in [0, 0.1) is 16.7 Å². The molecule has 1 aliphatic rings. The van der Waals surface area contributed by atoms with Crippen LogP contribution in [0.4, 0.5) is 0 Å². The fourth-order valence-corrected chi connectivity index (χ4v) is 2.97. The maximum atomic E-state index is 2.62. The van der Waals surface area contributed by atoms with E-state index in [-0.39, 0.29) is 0 Å². The van der Waals surface area contributed by atoms with E-state index in [2.05, 4.69) is 58.6 Å². The molecule has 0 aromatic heterocycles. The number of hydrogen-bond donors (Lipinski definition) is 0. The standard InChI is InChI=1S/C17H33N/c1-7-17(6,13-16(4,5)15(2)3)14-18-11-9-8-10-12-18/h8-9,15H,7,10-14H2,1-6H3. The summed E-state index contributed by atoms with van der Waals surface area (Å²) in [5, 5.41) is 0. The van der Waals surface area contributed by atoms with Crippen molar-refractivity contribution in [3.63, 3.8) is 0 Å². The molecule has 18 heavy (non-hydrogen) atoms. The molecule has 0 aromatic carbocycles. The van der Waals surface area contributed by atoms with Gasteiger partial charge in [0.1, 0.15) is 0 Å². The number of nitrogens with zero attached hydrogens (tertiary/aromatic N) is 1. The zero-order chi connectivity index (χ0) is 13.8. The van der Waals surface area contributed by atoms with Crippen molar-refractivity contribution in [3.8, 4) is 0 Å². The molecule has 1 atom stereocenters. The first kappa shape index (κ1) is 15.8. The maximum Gasteiger partial charge on any atom is 0.0163 e. The lowest BCUT2D eigenvalue weighted by atomic mass is 9.67. The van der Waals surface area contributed by atoms with E-state index in [4.69, 9.17) is 0 Å². The fourth-order valence-electron chi connectivity index (χ4n) is 2.97. The van der Waals surface area contributed by atoms with Crippen molar-refractivity contribution in [2.45, 2.75) is 60.8 Å². The van der Waals surface area contributed by atoms with Crippen molar-refractivity contribution >= 4 is 0 Å². The van der Waals surface area contributed by atoms with E-state index < -0.39 is 0 Å². The molecule has 1 rings (SSSR count). The molecule has 106 valence electrons. The molecule has 0 aliphatic carbocycles. The van der Waals surface area contributed by atoms with Crippen molar-refractivity contribution in [2.24, 2.45) is 16.7 Å². The highest BCUT2D eigenvalue weighted by molar-refractivity contribution is 4.93. The third-order valence-electron chi connectivity index (χ3n) is 5.05. The Balaban J connectivity index is 2.64. The predicted octanol–water partition coefficient (Wildman–Crippen LogP) is 4.74. The van der Waals surface area contributed by atoms with Crippen molar-refractivity contribution < 1.29 is 0 Å². The highest BCUT2D eigenvalue weighted by Gasteiger charge is 2.34. The molecule has 0 N–H and O–H groups in total. The van der Waals surface area contributed by atoms with Crippen LogP contribution in [0.1, 0.15) is 60.8 Å². The Morgan fingerprint density at radius 2 is 1.83 bits per heavy atom. The van der Waals surface area contributed by atoms with Crippen LogP contribution in [0.2, 0.25) is 0 Å². The van der Waals surface area contributed by atoms with Crippen LogP contribution in [-0.2, 0) is 0 Å². The van der Waals surface area contributed by atoms with Gasteiger partial charge >= 0.3 is 0 Å². The third-order valence-corrected chi connectivity index (χ3v) is 5.05. The van der Waals surface area contributed by atoms with Crippen molar-refractivity contribution in [1.82, 2.24) is 4.90 Å². The average molecular weight is 251 g/mol. The van der Waals surface area contributed by atoms with Crippen LogP contribution in [0.25, 0.3) is 0 Å². The third kappa shape index (κ3) is 4.42. The van der Waals surface area contributed by atoms with E-state index >= 15 is 0 Å². The Bertz CT molecular complexity index is 277. The lowest BCUT2D eigenvalue weighted by Gasteiger charge is -2.42. The smallest absolute Gasteiger partial charge is 0.0163 e. The van der Waals surface area contributed by atoms with Gasteiger partial charge in [-0.05, 0) is 36.0 Å². The van der Waals surface area contributed by atoms with E-state index in [0.29, 0.717) is 10.8 Å². The van der Waals surface area contributed by atoms with Gasteiger partial charge < -0.3 is 0 Å². The summed E-state index contributed by atoms with van der Waals surface area (Å²) in [5.74, 6) is 0.754. The minimum absolute atomic E-state index is 0.441. The van der Waals surface area contributed by atoms with Gasteiger partial charge in [0, 0.05) is 19.6 Å². The summed E-state index contributed by atoms with van der Waals surface area (Å²) >= 11 is 0. The normalized spacial score (nSPS) is 21.3. The second-order valence-corrected chi connectivity index (χ2v) is 7.48. The zero-order valence-electron chi connectivity index (χ0n) is 13.4. The van der Waals surface area contributed by atoms with Gasteiger partial charge in [-0.15, -0.1) is 0 Å². The lowest BCUT2D eigenvalue weighted by molar-refractivity contribution is 0.0823. The van der Waals surface area contributed by atoms with E-state index in [0.717, 1.165) is 12.5 Å². The Hall–Kier alpha value is -0.300. The number of hydrogen-bond acceptors (Lipinski definition) is 1. The summed E-state index contributed by atoms with van der Waals surface area (Å²) in [6.45, 7) is 18.1. The van der Waals surface area contributed by atoms with Gasteiger partial charge in [-0.2, -0.15) is 0 Å². The van der Waals surface area contributed by atoms with Gasteiger partial charge in [0.05, 0.1) is 0 Å². The summed E-state index contributed by atoms with van der Waals surface area (Å²) in [4.78, 5) is 2.62. The minimum atomic E-state index is 0.441. The molecule has 0 fully saturated rings. The van der Waals surface area contributed by atoms with E-state index in [1.807, 2.05) is 0 Å². The molecule has 0 bridgehead atoms. The zero-order valence-corrected chi connectivity index (χ0v) is 13.4. The summed E-state index contributed by atoms with van der Waals surface area (Å²) in [7, 11) is 0. The van der Waals surface area contributed by atoms with Crippen LogP contribution in [0.5, 0.6) is 0 Å². The number of rotatable bonds is 6. The van der Waals surface area contributed by atoms with Gasteiger partial charge in [0.2, 0.25) is 0 Å².